The monoisotopic (exact) mass is 370 g/mol. The van der Waals surface area contributed by atoms with Gasteiger partial charge in [0.1, 0.15) is 0 Å². The summed E-state index contributed by atoms with van der Waals surface area (Å²) in [5.74, 6) is 0.0541. The molecule has 1 aliphatic rings. The van der Waals surface area contributed by atoms with E-state index in [1.54, 1.807) is 0 Å². The largest absolute Gasteiger partial charge is 0.334 e. The lowest BCUT2D eigenvalue weighted by molar-refractivity contribution is -0.133. The Morgan fingerprint density at radius 3 is 2.39 bits per heavy atom. The molecule has 1 fully saturated rings. The van der Waals surface area contributed by atoms with Crippen molar-refractivity contribution in [2.45, 2.75) is 38.6 Å². The molecule has 0 unspecified atom stereocenters. The summed E-state index contributed by atoms with van der Waals surface area (Å²) in [7, 11) is 0. The molecule has 3 aromatic rings. The Morgan fingerprint density at radius 2 is 1.68 bits per heavy atom. The van der Waals surface area contributed by atoms with Gasteiger partial charge in [-0.1, -0.05) is 60.7 Å². The lowest BCUT2D eigenvalue weighted by Gasteiger charge is -2.28. The zero-order valence-electron chi connectivity index (χ0n) is 16.5. The lowest BCUT2D eigenvalue weighted by Crippen LogP contribution is -2.34. The molecule has 3 heteroatoms. The van der Waals surface area contributed by atoms with E-state index >= 15 is 0 Å². The fourth-order valence-electron chi connectivity index (χ4n) is 4.13. The molecule has 0 spiro atoms. The van der Waals surface area contributed by atoms with Crippen LogP contribution in [0.5, 0.6) is 0 Å². The molecule has 142 valence electrons. The molecule has 0 radical (unpaired) electrons. The van der Waals surface area contributed by atoms with Gasteiger partial charge in [0.15, 0.2) is 0 Å². The molecule has 1 aliphatic heterocycles. The smallest absolute Gasteiger partial charge is 0.230 e. The van der Waals surface area contributed by atoms with Gasteiger partial charge in [-0.15, -0.1) is 0 Å². The van der Waals surface area contributed by atoms with E-state index in [0.717, 1.165) is 36.3 Å². The third-order valence-electron chi connectivity index (χ3n) is 5.63. The van der Waals surface area contributed by atoms with Crippen molar-refractivity contribution >= 4 is 5.91 Å². The van der Waals surface area contributed by atoms with Crippen LogP contribution in [0.15, 0.2) is 72.8 Å². The molecule has 4 rings (SSSR count). The van der Waals surface area contributed by atoms with E-state index in [0.29, 0.717) is 0 Å². The average Bonchev–Trinajstić information content (AvgIpc) is 3.23. The Balaban J connectivity index is 1.63. The molecule has 28 heavy (non-hydrogen) atoms. The van der Waals surface area contributed by atoms with Gasteiger partial charge >= 0.3 is 0 Å². The summed E-state index contributed by atoms with van der Waals surface area (Å²) in [6.07, 6.45) is 1.99. The topological polar surface area (TPSA) is 33.2 Å². The first-order valence-electron chi connectivity index (χ1n) is 10.0. The molecule has 2 aromatic carbocycles. The van der Waals surface area contributed by atoms with E-state index in [1.807, 2.05) is 55.1 Å². The Kier molecular flexibility index (Phi) is 5.25. The Bertz CT molecular complexity index is 953. The molecule has 0 saturated carbocycles. The highest BCUT2D eigenvalue weighted by molar-refractivity contribution is 5.84. The van der Waals surface area contributed by atoms with Gasteiger partial charge in [-0.25, -0.2) is 0 Å². The SMILES string of the molecule is Cc1cc(-c2ccccc2)cc([C@@H]2CCCN2C(=O)[C@@H](C)c2ccccc2)n1. The predicted octanol–water partition coefficient (Wildman–Crippen LogP) is 5.52. The van der Waals surface area contributed by atoms with Crippen LogP contribution in [0.4, 0.5) is 0 Å². The first kappa shape index (κ1) is 18.4. The van der Waals surface area contributed by atoms with Gasteiger partial charge < -0.3 is 4.90 Å². The number of pyridine rings is 1. The van der Waals surface area contributed by atoms with Crippen molar-refractivity contribution in [1.82, 2.24) is 9.88 Å². The highest BCUT2D eigenvalue weighted by Gasteiger charge is 2.33. The summed E-state index contributed by atoms with van der Waals surface area (Å²) in [6.45, 7) is 4.84. The highest BCUT2D eigenvalue weighted by Crippen LogP contribution is 2.35. The van der Waals surface area contributed by atoms with Crippen molar-refractivity contribution < 1.29 is 4.79 Å². The van der Waals surface area contributed by atoms with Crippen LogP contribution in [0, 0.1) is 6.92 Å². The molecule has 1 aromatic heterocycles. The van der Waals surface area contributed by atoms with Crippen molar-refractivity contribution in [2.24, 2.45) is 0 Å². The second-order valence-electron chi connectivity index (χ2n) is 7.61. The third kappa shape index (κ3) is 3.70. The number of carbonyl (C=O) groups excluding carboxylic acids is 1. The molecule has 0 bridgehead atoms. The van der Waals surface area contributed by atoms with E-state index in [1.165, 1.54) is 11.1 Å². The Morgan fingerprint density at radius 1 is 1.00 bits per heavy atom. The predicted molar refractivity (Wildman–Crippen MR) is 113 cm³/mol. The highest BCUT2D eigenvalue weighted by atomic mass is 16.2. The molecule has 2 heterocycles. The molecule has 3 nitrogen and oxygen atoms in total. The van der Waals surface area contributed by atoms with E-state index < -0.39 is 0 Å². The summed E-state index contributed by atoms with van der Waals surface area (Å²) >= 11 is 0. The second kappa shape index (κ2) is 7.97. The maximum atomic E-state index is 13.3. The van der Waals surface area contributed by atoms with Crippen molar-refractivity contribution in [3.8, 4) is 11.1 Å². The fourth-order valence-corrected chi connectivity index (χ4v) is 4.13. The minimum absolute atomic E-state index is 0.0565. The average molecular weight is 370 g/mol. The molecule has 1 amide bonds. The quantitative estimate of drug-likeness (QED) is 0.605. The summed E-state index contributed by atoms with van der Waals surface area (Å²) in [5, 5.41) is 0. The van der Waals surface area contributed by atoms with Gasteiger partial charge in [0.25, 0.3) is 0 Å². The van der Waals surface area contributed by atoms with Crippen molar-refractivity contribution in [3.05, 3.63) is 89.7 Å². The summed E-state index contributed by atoms with van der Waals surface area (Å²) in [6, 6.07) is 24.7. The first-order chi connectivity index (χ1) is 13.6. The second-order valence-corrected chi connectivity index (χ2v) is 7.61. The Hall–Kier alpha value is -2.94. The minimum atomic E-state index is -0.139. The van der Waals surface area contributed by atoms with Gasteiger partial charge in [0.2, 0.25) is 5.91 Å². The van der Waals surface area contributed by atoms with Crippen LogP contribution >= 0.6 is 0 Å². The van der Waals surface area contributed by atoms with Crippen LogP contribution < -0.4 is 0 Å². The summed E-state index contributed by atoms with van der Waals surface area (Å²) < 4.78 is 0. The molecule has 0 N–H and O–H groups in total. The van der Waals surface area contributed by atoms with E-state index in [9.17, 15) is 4.79 Å². The van der Waals surface area contributed by atoms with Gasteiger partial charge in [0.05, 0.1) is 17.7 Å². The van der Waals surface area contributed by atoms with Crippen molar-refractivity contribution in [3.63, 3.8) is 0 Å². The normalized spacial score (nSPS) is 17.5. The van der Waals surface area contributed by atoms with Gasteiger partial charge in [-0.05, 0) is 55.5 Å². The third-order valence-corrected chi connectivity index (χ3v) is 5.63. The van der Waals surface area contributed by atoms with Crippen molar-refractivity contribution in [2.75, 3.05) is 6.54 Å². The first-order valence-corrected chi connectivity index (χ1v) is 10.0. The number of likely N-dealkylation sites (tertiary alicyclic amines) is 1. The maximum absolute atomic E-state index is 13.3. The number of rotatable bonds is 4. The zero-order valence-corrected chi connectivity index (χ0v) is 16.5. The number of aryl methyl sites for hydroxylation is 1. The number of nitrogens with zero attached hydrogens (tertiary/aromatic N) is 2. The van der Waals surface area contributed by atoms with E-state index in [4.69, 9.17) is 4.98 Å². The molecule has 2 atom stereocenters. The number of hydrogen-bond acceptors (Lipinski definition) is 2. The van der Waals surface area contributed by atoms with Crippen LogP contribution in [-0.2, 0) is 4.79 Å². The minimum Gasteiger partial charge on any atom is -0.334 e. The molecular formula is C25H26N2O. The number of benzene rings is 2. The van der Waals surface area contributed by atoms with Crippen LogP contribution in [0.3, 0.4) is 0 Å². The zero-order chi connectivity index (χ0) is 19.5. The van der Waals surface area contributed by atoms with E-state index in [-0.39, 0.29) is 17.9 Å². The van der Waals surface area contributed by atoms with Crippen LogP contribution in [0.25, 0.3) is 11.1 Å². The summed E-state index contributed by atoms with van der Waals surface area (Å²) in [5.41, 5.74) is 5.42. The lowest BCUT2D eigenvalue weighted by atomic mass is 9.98. The molecular weight excluding hydrogens is 344 g/mol. The fraction of sp³-hybridized carbons (Fsp3) is 0.280. The maximum Gasteiger partial charge on any atom is 0.230 e. The van der Waals surface area contributed by atoms with Crippen LogP contribution in [0.2, 0.25) is 0 Å². The summed E-state index contributed by atoms with van der Waals surface area (Å²) in [4.78, 5) is 20.1. The standard InChI is InChI=1S/C25H26N2O/c1-18-16-22(21-12-7-4-8-13-21)17-23(26-18)24-14-9-15-27(24)25(28)19(2)20-10-5-3-6-11-20/h3-8,10-13,16-17,19,24H,9,14-15H2,1-2H3/t19-,24-/m0/s1. The number of carbonyl (C=O) groups is 1. The van der Waals surface area contributed by atoms with Crippen molar-refractivity contribution in [1.29, 1.82) is 0 Å². The van der Waals surface area contributed by atoms with Crippen LogP contribution in [0.1, 0.15) is 48.7 Å². The van der Waals surface area contributed by atoms with Crippen LogP contribution in [-0.4, -0.2) is 22.3 Å². The van der Waals surface area contributed by atoms with Gasteiger partial charge in [-0.2, -0.15) is 0 Å². The van der Waals surface area contributed by atoms with Gasteiger partial charge in [0, 0.05) is 12.2 Å². The van der Waals surface area contributed by atoms with E-state index in [2.05, 4.69) is 36.4 Å². The molecule has 1 saturated heterocycles. The number of hydrogen-bond donors (Lipinski definition) is 0. The number of aromatic nitrogens is 1. The number of amides is 1. The van der Waals surface area contributed by atoms with Gasteiger partial charge in [-0.3, -0.25) is 9.78 Å². The Labute approximate surface area is 167 Å². The molecule has 0 aliphatic carbocycles.